The number of ether oxygens (including phenoxy) is 1. The third-order valence-corrected chi connectivity index (χ3v) is 4.83. The Morgan fingerprint density at radius 3 is 2.39 bits per heavy atom. The first-order valence-corrected chi connectivity index (χ1v) is 9.52. The van der Waals surface area contributed by atoms with Crippen LogP contribution in [0.2, 0.25) is 5.02 Å². The van der Waals surface area contributed by atoms with Gasteiger partial charge in [0.15, 0.2) is 6.61 Å². The van der Waals surface area contributed by atoms with Crippen molar-refractivity contribution < 1.29 is 14.3 Å². The van der Waals surface area contributed by atoms with Gasteiger partial charge in [0.05, 0.1) is 5.71 Å². The molecule has 0 heterocycles. The maximum atomic E-state index is 12.0. The first kappa shape index (κ1) is 19.9. The van der Waals surface area contributed by atoms with Crippen LogP contribution in [0.3, 0.4) is 0 Å². The molecule has 0 aliphatic heterocycles. The fraction of sp³-hybridized carbons (Fsp3) is 0.286. The van der Waals surface area contributed by atoms with Crippen LogP contribution in [0.1, 0.15) is 31.7 Å². The minimum Gasteiger partial charge on any atom is -0.484 e. The van der Waals surface area contributed by atoms with Gasteiger partial charge in [0, 0.05) is 16.6 Å². The third-order valence-electron chi connectivity index (χ3n) is 4.58. The summed E-state index contributed by atoms with van der Waals surface area (Å²) in [6.07, 6.45) is 3.07. The summed E-state index contributed by atoms with van der Waals surface area (Å²) in [6.45, 7) is 1.65. The number of nitrogens with zero attached hydrogens (tertiary/aromatic N) is 1. The standard InChI is InChI=1S/C21H22ClN3O3/c1-14(24-25-20(26)13-28-19-11-7-17(22)8-12-19)15-5-9-18(10-6-15)23-21(27)16-3-2-4-16/h5-12,16H,2-4,13H2,1H3,(H,23,27)(H,25,26)/b24-14+. The smallest absolute Gasteiger partial charge is 0.277 e. The molecule has 28 heavy (non-hydrogen) atoms. The molecule has 6 nitrogen and oxygen atoms in total. The molecule has 1 fully saturated rings. The number of halogens is 1. The highest BCUT2D eigenvalue weighted by Crippen LogP contribution is 2.27. The Morgan fingerprint density at radius 1 is 1.11 bits per heavy atom. The number of hydrogen-bond donors (Lipinski definition) is 2. The second kappa shape index (κ2) is 9.37. The molecule has 7 heteroatoms. The lowest BCUT2D eigenvalue weighted by Crippen LogP contribution is -2.28. The number of hydrogen-bond acceptors (Lipinski definition) is 4. The van der Waals surface area contributed by atoms with E-state index in [0.717, 1.165) is 30.5 Å². The Kier molecular flexibility index (Phi) is 6.66. The molecule has 0 atom stereocenters. The van der Waals surface area contributed by atoms with Crippen molar-refractivity contribution in [2.45, 2.75) is 26.2 Å². The SMILES string of the molecule is C/C(=N\NC(=O)COc1ccc(Cl)cc1)c1ccc(NC(=O)C2CCC2)cc1. The highest BCUT2D eigenvalue weighted by Gasteiger charge is 2.25. The summed E-state index contributed by atoms with van der Waals surface area (Å²) in [5, 5.41) is 7.62. The molecule has 0 saturated heterocycles. The van der Waals surface area contributed by atoms with E-state index in [1.54, 1.807) is 31.2 Å². The lowest BCUT2D eigenvalue weighted by atomic mass is 9.85. The van der Waals surface area contributed by atoms with Crippen LogP contribution in [0.25, 0.3) is 0 Å². The fourth-order valence-corrected chi connectivity index (χ4v) is 2.76. The summed E-state index contributed by atoms with van der Waals surface area (Å²) in [6, 6.07) is 14.1. The molecular weight excluding hydrogens is 378 g/mol. The molecule has 0 radical (unpaired) electrons. The van der Waals surface area contributed by atoms with Gasteiger partial charge in [-0.05, 0) is 61.7 Å². The van der Waals surface area contributed by atoms with Crippen LogP contribution in [0, 0.1) is 5.92 Å². The molecule has 0 spiro atoms. The van der Waals surface area contributed by atoms with Crippen LogP contribution in [-0.4, -0.2) is 24.1 Å². The van der Waals surface area contributed by atoms with E-state index in [1.165, 1.54) is 0 Å². The van der Waals surface area contributed by atoms with Gasteiger partial charge < -0.3 is 10.1 Å². The topological polar surface area (TPSA) is 79.8 Å². The van der Waals surface area contributed by atoms with Crippen molar-refractivity contribution in [2.75, 3.05) is 11.9 Å². The van der Waals surface area contributed by atoms with Crippen molar-refractivity contribution in [3.05, 3.63) is 59.1 Å². The molecule has 0 unspecified atom stereocenters. The average Bonchev–Trinajstić information content (AvgIpc) is 2.65. The maximum Gasteiger partial charge on any atom is 0.277 e. The zero-order valence-corrected chi connectivity index (χ0v) is 16.3. The molecule has 1 aliphatic rings. The number of anilines is 1. The third kappa shape index (κ3) is 5.57. The number of carbonyl (C=O) groups excluding carboxylic acids is 2. The monoisotopic (exact) mass is 399 g/mol. The molecule has 1 saturated carbocycles. The van der Waals surface area contributed by atoms with Crippen molar-refractivity contribution in [3.63, 3.8) is 0 Å². The molecule has 0 bridgehead atoms. The average molecular weight is 400 g/mol. The van der Waals surface area contributed by atoms with Gasteiger partial charge in [0.1, 0.15) is 5.75 Å². The van der Waals surface area contributed by atoms with Crippen LogP contribution < -0.4 is 15.5 Å². The number of hydrazone groups is 1. The highest BCUT2D eigenvalue weighted by molar-refractivity contribution is 6.30. The van der Waals surface area contributed by atoms with Crippen LogP contribution >= 0.6 is 11.6 Å². The first-order valence-electron chi connectivity index (χ1n) is 9.14. The summed E-state index contributed by atoms with van der Waals surface area (Å²) in [4.78, 5) is 23.8. The van der Waals surface area contributed by atoms with Gasteiger partial charge in [-0.2, -0.15) is 5.10 Å². The first-order chi connectivity index (χ1) is 13.5. The van der Waals surface area contributed by atoms with E-state index in [4.69, 9.17) is 16.3 Å². The molecule has 2 amide bonds. The van der Waals surface area contributed by atoms with Crippen LogP contribution in [-0.2, 0) is 9.59 Å². The highest BCUT2D eigenvalue weighted by atomic mass is 35.5. The van der Waals surface area contributed by atoms with Gasteiger partial charge in [0.25, 0.3) is 5.91 Å². The lowest BCUT2D eigenvalue weighted by Gasteiger charge is -2.24. The van der Waals surface area contributed by atoms with Gasteiger partial charge in [-0.25, -0.2) is 5.43 Å². The Morgan fingerprint density at radius 2 is 1.79 bits per heavy atom. The maximum absolute atomic E-state index is 12.0. The quantitative estimate of drug-likeness (QED) is 0.545. The largest absolute Gasteiger partial charge is 0.484 e. The van der Waals surface area contributed by atoms with E-state index < -0.39 is 0 Å². The van der Waals surface area contributed by atoms with E-state index in [9.17, 15) is 9.59 Å². The Labute approximate surface area is 168 Å². The number of rotatable bonds is 7. The Bertz CT molecular complexity index is 859. The molecule has 2 aromatic carbocycles. The van der Waals surface area contributed by atoms with Gasteiger partial charge >= 0.3 is 0 Å². The zero-order chi connectivity index (χ0) is 19.9. The van der Waals surface area contributed by atoms with Crippen molar-refractivity contribution >= 4 is 34.8 Å². The van der Waals surface area contributed by atoms with Gasteiger partial charge in [-0.3, -0.25) is 9.59 Å². The molecule has 146 valence electrons. The van der Waals surface area contributed by atoms with Crippen LogP contribution in [0.15, 0.2) is 53.6 Å². The van der Waals surface area contributed by atoms with E-state index >= 15 is 0 Å². The van der Waals surface area contributed by atoms with Gasteiger partial charge in [0.2, 0.25) is 5.91 Å². The Balaban J connectivity index is 1.47. The summed E-state index contributed by atoms with van der Waals surface area (Å²) in [5.74, 6) is 0.420. The number of carbonyl (C=O) groups is 2. The number of amides is 2. The second-order valence-corrected chi connectivity index (χ2v) is 7.11. The number of benzene rings is 2. The van der Waals surface area contributed by atoms with E-state index in [0.29, 0.717) is 16.5 Å². The predicted octanol–water partition coefficient (Wildman–Crippen LogP) is 4.00. The Hall–Kier alpha value is -2.86. The minimum atomic E-state index is -0.362. The molecule has 1 aliphatic carbocycles. The number of nitrogens with one attached hydrogen (secondary N) is 2. The van der Waals surface area contributed by atoms with Crippen molar-refractivity contribution in [1.29, 1.82) is 0 Å². The van der Waals surface area contributed by atoms with Gasteiger partial charge in [-0.15, -0.1) is 0 Å². The van der Waals surface area contributed by atoms with Gasteiger partial charge in [-0.1, -0.05) is 30.2 Å². The van der Waals surface area contributed by atoms with Crippen molar-refractivity contribution in [2.24, 2.45) is 11.0 Å². The molecular formula is C21H22ClN3O3. The summed E-state index contributed by atoms with van der Waals surface area (Å²) < 4.78 is 5.37. The zero-order valence-electron chi connectivity index (χ0n) is 15.6. The van der Waals surface area contributed by atoms with Crippen molar-refractivity contribution in [3.8, 4) is 5.75 Å². The fourth-order valence-electron chi connectivity index (χ4n) is 2.63. The second-order valence-electron chi connectivity index (χ2n) is 6.67. The lowest BCUT2D eigenvalue weighted by molar-refractivity contribution is -0.123. The normalized spacial score (nSPS) is 14.1. The molecule has 2 N–H and O–H groups in total. The van der Waals surface area contributed by atoms with Crippen molar-refractivity contribution in [1.82, 2.24) is 5.43 Å². The predicted molar refractivity (Wildman–Crippen MR) is 110 cm³/mol. The summed E-state index contributed by atoms with van der Waals surface area (Å²) >= 11 is 5.80. The van der Waals surface area contributed by atoms with Crippen LogP contribution in [0.4, 0.5) is 5.69 Å². The van der Waals surface area contributed by atoms with E-state index in [2.05, 4.69) is 15.8 Å². The molecule has 3 rings (SSSR count). The van der Waals surface area contributed by atoms with E-state index in [1.807, 2.05) is 24.3 Å². The van der Waals surface area contributed by atoms with Crippen LogP contribution in [0.5, 0.6) is 5.75 Å². The molecule has 2 aromatic rings. The van der Waals surface area contributed by atoms with E-state index in [-0.39, 0.29) is 24.3 Å². The minimum absolute atomic E-state index is 0.0809. The summed E-state index contributed by atoms with van der Waals surface area (Å²) in [7, 11) is 0. The summed E-state index contributed by atoms with van der Waals surface area (Å²) in [5.41, 5.74) is 4.72. The molecule has 0 aromatic heterocycles.